The molecule has 0 bridgehead atoms. The number of benzene rings is 6. The number of nitrogens with zero attached hydrogens (tertiary/aromatic N) is 1. The zero-order valence-corrected chi connectivity index (χ0v) is 88.4. The number of carbonyl (C=O) groups excluding carboxylic acids is 7. The second kappa shape index (κ2) is 69.7. The van der Waals surface area contributed by atoms with Crippen LogP contribution in [0, 0.1) is 82.8 Å². The van der Waals surface area contributed by atoms with E-state index in [1.807, 2.05) is 33.0 Å². The van der Waals surface area contributed by atoms with E-state index in [2.05, 4.69) is 132 Å². The number of hydrogen-bond acceptors (Lipinski definition) is 21. The molecule has 13 rings (SSSR count). The van der Waals surface area contributed by atoms with Crippen molar-refractivity contribution in [3.8, 4) is 24.2 Å². The van der Waals surface area contributed by atoms with Crippen molar-refractivity contribution in [2.45, 2.75) is 188 Å². The van der Waals surface area contributed by atoms with Crippen LogP contribution in [0.4, 0.5) is 122 Å². The van der Waals surface area contributed by atoms with Crippen LogP contribution in [-0.4, -0.2) is 173 Å². The number of fused-ring (bicyclic) bond motifs is 1. The number of rotatable bonds is 14. The molecule has 18 atom stereocenters. The zero-order chi connectivity index (χ0) is 112. The maximum absolute atomic E-state index is 14.5. The smallest absolute Gasteiger partial charge is 0.462 e. The average molecular weight is 2560 g/mol. The SMILES string of the molecule is C#CC#CC.C=C1N[C@@]2(c3cc(Br)ccc3F)CO[C@@H](C)C[C@H]2C(=O)N1C.C[C@@H]1C[C@H](C)OC[C@@]1(N)c1cc(Br)ccc1F.C[C@H]1C[C@@H](CO)[C@](N)(c2cc(Br)ccc2F)CO1.C[C@H]1C[C@@H](CO)[C@](NC(=O)C(F)(F)F)(c2cc(Br)ccc2F)CO1.C[C@H]1C[C@@H](OC=O)[C@](N)(c2cc(Br)ccc2F)CO1.C[C@H]1C[C@@H](OC=O)[C@](NC(=O)C(F)(F)F)(c2cc(Br)ccc2F)CO1.F.F.F.FF.FF.FF.FF.FF.FF.O=C=O. The van der Waals surface area contributed by atoms with Crippen LogP contribution in [0.2, 0.25) is 0 Å². The van der Waals surface area contributed by atoms with Crippen molar-refractivity contribution in [2.24, 2.45) is 40.9 Å². The van der Waals surface area contributed by atoms with Gasteiger partial charge in [-0.15, -0.1) is 6.42 Å². The number of carbonyl (C=O) groups is 5. The first-order valence-electron chi connectivity index (χ1n) is 41.7. The summed E-state index contributed by atoms with van der Waals surface area (Å²) < 4.78 is 305. The first kappa shape index (κ1) is 146. The number of alkyl halides is 6. The highest BCUT2D eigenvalue weighted by Crippen LogP contribution is 2.48. The van der Waals surface area contributed by atoms with Gasteiger partial charge in [0.2, 0.25) is 5.91 Å². The molecule has 0 unspecified atom stereocenters. The Labute approximate surface area is 881 Å². The normalized spacial score (nSPS) is 26.0. The van der Waals surface area contributed by atoms with Crippen LogP contribution in [-0.2, 0) is 105 Å². The van der Waals surface area contributed by atoms with Crippen molar-refractivity contribution in [1.29, 1.82) is 0 Å². The van der Waals surface area contributed by atoms with Gasteiger partial charge in [0.15, 0.2) is 0 Å². The number of nitrogens with one attached hydrogen (secondary N) is 3. The molecule has 0 radical (unpaired) electrons. The van der Waals surface area contributed by atoms with Crippen LogP contribution in [0.1, 0.15) is 127 Å². The van der Waals surface area contributed by atoms with Crippen molar-refractivity contribution < 1.29 is 203 Å². The van der Waals surface area contributed by atoms with Gasteiger partial charge < -0.3 is 86.2 Å². The molecule has 0 aromatic heterocycles. The molecule has 7 aliphatic heterocycles. The lowest BCUT2D eigenvalue weighted by Gasteiger charge is -2.51. The fourth-order valence-electron chi connectivity index (χ4n) is 16.2. The molecule has 24 nitrogen and oxygen atoms in total. The minimum Gasteiger partial charge on any atom is -0.462 e. The summed E-state index contributed by atoms with van der Waals surface area (Å²) in [6.45, 7) is 18.5. The van der Waals surface area contributed by atoms with Crippen molar-refractivity contribution in [3.05, 3.63) is 217 Å². The third kappa shape index (κ3) is 40.0. The van der Waals surface area contributed by atoms with Gasteiger partial charge in [-0.05, 0) is 201 Å². The highest BCUT2D eigenvalue weighted by atomic mass is 79.9. The number of amides is 3. The predicted molar refractivity (Wildman–Crippen MR) is 505 cm³/mol. The number of aliphatic hydroxyl groups excluding tert-OH is 2. The number of ether oxygens (including phenoxy) is 8. The van der Waals surface area contributed by atoms with E-state index in [1.165, 1.54) is 53.4 Å². The molecule has 148 heavy (non-hydrogen) atoms. The Balaban J connectivity index is -0.000000810. The van der Waals surface area contributed by atoms with Gasteiger partial charge in [-0.2, -0.15) is 35.9 Å². The van der Waals surface area contributed by atoms with E-state index in [1.54, 1.807) is 81.7 Å². The number of halogens is 33. The highest BCUT2D eigenvalue weighted by molar-refractivity contribution is 9.11. The molecular formula is C91H104Br6F27N7O17. The summed E-state index contributed by atoms with van der Waals surface area (Å²) in [5, 5.41) is 26.0. The molecule has 7 saturated heterocycles. The van der Waals surface area contributed by atoms with Gasteiger partial charge in [0.1, 0.15) is 69.5 Å². The van der Waals surface area contributed by atoms with Gasteiger partial charge >= 0.3 is 30.3 Å². The lowest BCUT2D eigenvalue weighted by atomic mass is 9.72. The third-order valence-corrected chi connectivity index (χ3v) is 26.4. The largest absolute Gasteiger partial charge is 0.471 e. The second-order valence-electron chi connectivity index (χ2n) is 32.6. The maximum atomic E-state index is 14.5. The number of hydrogen-bond donors (Lipinski definition) is 8. The van der Waals surface area contributed by atoms with E-state index in [9.17, 15) is 86.9 Å². The van der Waals surface area contributed by atoms with Crippen molar-refractivity contribution >= 4 is 132 Å². The molecule has 3 amide bonds. The molecule has 6 aromatic carbocycles. The number of aliphatic hydroxyl groups is 2. The average Bonchev–Trinajstić information content (AvgIpc) is 0.731. The van der Waals surface area contributed by atoms with Crippen LogP contribution in [0.3, 0.4) is 0 Å². The minimum absolute atomic E-state index is 0. The third-order valence-electron chi connectivity index (χ3n) is 23.4. The Bertz CT molecular complexity index is 5220. The standard InChI is InChI=1S/C16H18BrFN2O2.C15H14BrF4NO4.C15H16BrF4NO3.C13H15BrFNO3.C13H17BrFNO2.C13H17BrFNO.C5H4.CO2.6F2.3FH/c1-9-6-13-15(21)20(3)10(2)19-16(13,8-22-9)12-7-11(17)4-5-14(12)18;1-8-4-12(25-7-22)14(6-24-8,21-13(23)15(18,19)20)10-5-9(16)2-3-11(10)17;1-8-4-9(6-22)14(7-24-8,21-13(23)15(18,19)20)11-5-10(16)2-3-12(11)17;1-8-4-12(19-7-17)13(16,6-18-8)10-5-9(14)2-3-11(10)15;1-8-4-9(6-17)13(16,7-18-8)11-5-10(14)2-3-12(11)15;1-8-5-9(2)17-7-13(8,16)11-6-10(14)3-4-12(11)15;1-3-5-4-2;2-1-3;6*1-2;;;/h4-5,7,9,13,19H,2,6,8H2,1,3H3;2-3,5,7-8,12H,4,6H2,1H3,(H,21,23);2-3,5,8-9,22H,4,6-7H2,1H3,(H,21,23);2-3,5,7-8,12H,4,6,16H2,1H3;2-3,5,8-9,17H,4,6-7,16H2,1H3;3-4,6,8-9H,5,7,16H2,1-2H3;1H,2H3;;;;;;;;3*1H/t9-,13-,16+;8-,12+,14+;8-,9-,14-;8-,12+,13+;8-,9-,13-;8-,9+,13+;;;;;;;;;;;/m000001.........../s1. The zero-order valence-electron chi connectivity index (χ0n) is 78.9. The minimum atomic E-state index is -5.20. The van der Waals surface area contributed by atoms with Crippen LogP contribution in [0.15, 0.2) is 148 Å². The quantitative estimate of drug-likeness (QED) is 0.0285. The van der Waals surface area contributed by atoms with Crippen LogP contribution >= 0.6 is 95.6 Å². The van der Waals surface area contributed by atoms with Gasteiger partial charge in [-0.1, -0.05) is 115 Å². The second-order valence-corrected chi connectivity index (χ2v) is 38.0. The van der Waals surface area contributed by atoms with E-state index in [-0.39, 0.29) is 155 Å². The molecule has 0 spiro atoms. The summed E-state index contributed by atoms with van der Waals surface area (Å²) in [7, 11) is 1.68. The fourth-order valence-corrected chi connectivity index (χ4v) is 18.3. The maximum Gasteiger partial charge on any atom is 0.471 e. The summed E-state index contributed by atoms with van der Waals surface area (Å²) in [5.41, 5.74) is 12.5. The molecule has 7 heterocycles. The Kier molecular flexibility index (Phi) is 68.6. The molecule has 0 saturated carbocycles. The summed E-state index contributed by atoms with van der Waals surface area (Å²) >= 11 is 19.6. The van der Waals surface area contributed by atoms with E-state index < -0.39 is 118 Å². The van der Waals surface area contributed by atoms with E-state index in [0.29, 0.717) is 68.3 Å². The summed E-state index contributed by atoms with van der Waals surface area (Å²) in [5.74, 6) is -1.36. The van der Waals surface area contributed by atoms with Crippen molar-refractivity contribution in [2.75, 3.05) is 59.9 Å². The molecule has 836 valence electrons. The van der Waals surface area contributed by atoms with E-state index in [4.69, 9.17) is 126 Å². The number of nitrogens with two attached hydrogens (primary N) is 3. The van der Waals surface area contributed by atoms with Crippen molar-refractivity contribution in [3.63, 3.8) is 0 Å². The molecule has 7 fully saturated rings. The van der Waals surface area contributed by atoms with Crippen LogP contribution in [0.25, 0.3) is 0 Å². The topological polar surface area (TPSA) is 351 Å². The van der Waals surface area contributed by atoms with E-state index in [0.717, 1.165) is 32.0 Å². The predicted octanol–water partition coefficient (Wildman–Crippen LogP) is 21.4. The Morgan fingerprint density at radius 2 is 0.750 bits per heavy atom. The van der Waals surface area contributed by atoms with Crippen LogP contribution < -0.4 is 33.2 Å². The van der Waals surface area contributed by atoms with E-state index >= 15 is 0 Å². The highest BCUT2D eigenvalue weighted by Gasteiger charge is 2.58. The van der Waals surface area contributed by atoms with Gasteiger partial charge in [0, 0.05) is 160 Å². The molecular weight excluding hydrogens is 2460 g/mol. The van der Waals surface area contributed by atoms with Crippen LogP contribution in [0.5, 0.6) is 0 Å². The van der Waals surface area contributed by atoms with Gasteiger partial charge in [0.25, 0.3) is 12.9 Å². The lowest BCUT2D eigenvalue weighted by molar-refractivity contribution is -0.192. The summed E-state index contributed by atoms with van der Waals surface area (Å²) in [6, 6.07) is 26.1. The van der Waals surface area contributed by atoms with Gasteiger partial charge in [-0.3, -0.25) is 38.1 Å². The molecule has 6 aromatic rings. The Morgan fingerprint density at radius 1 is 0.466 bits per heavy atom. The Morgan fingerprint density at radius 3 is 1.11 bits per heavy atom. The number of terminal acetylenes is 1. The molecule has 11 N–H and O–H groups in total. The van der Waals surface area contributed by atoms with Gasteiger partial charge in [0.05, 0.1) is 98.8 Å². The molecule has 0 aliphatic carbocycles. The lowest BCUT2D eigenvalue weighted by Crippen LogP contribution is -2.65. The first-order valence-corrected chi connectivity index (χ1v) is 46.5. The molecule has 57 heteroatoms. The Hall–Kier alpha value is -8.74. The fraction of sp³-hybridized carbons (Fsp3) is 0.473. The molecule has 7 aliphatic rings. The van der Waals surface area contributed by atoms with Crippen molar-refractivity contribution in [1.82, 2.24) is 20.9 Å². The first-order chi connectivity index (χ1) is 68.2. The summed E-state index contributed by atoms with van der Waals surface area (Å²) in [4.78, 5) is 75.0. The monoisotopic (exact) mass is 2550 g/mol. The van der Waals surface area contributed by atoms with Gasteiger partial charge in [-0.25, -0.2) is 26.3 Å². The summed E-state index contributed by atoms with van der Waals surface area (Å²) in [6.07, 6.45) is -5.36.